The Hall–Kier alpha value is -1.46. The van der Waals surface area contributed by atoms with E-state index in [4.69, 9.17) is 27.9 Å². The van der Waals surface area contributed by atoms with Crippen molar-refractivity contribution in [2.24, 2.45) is 0 Å². The van der Waals surface area contributed by atoms with E-state index < -0.39 is 5.76 Å². The second kappa shape index (κ2) is 4.59. The Bertz CT molecular complexity index is 550. The monoisotopic (exact) mass is 260 g/mol. The van der Waals surface area contributed by atoms with Crippen molar-refractivity contribution in [2.45, 2.75) is 6.61 Å². The van der Waals surface area contributed by atoms with E-state index in [1.165, 1.54) is 0 Å². The first-order chi connectivity index (χ1) is 7.65. The highest BCUT2D eigenvalue weighted by Gasteiger charge is 2.05. The number of nitrogens with zero attached hydrogens (tertiary/aromatic N) is 1. The number of aromatic amines is 1. The molecule has 0 aliphatic carbocycles. The molecule has 1 aromatic carbocycles. The van der Waals surface area contributed by atoms with Crippen LogP contribution in [0.25, 0.3) is 0 Å². The number of halogens is 2. The standard InChI is InChI=1S/C9H6Cl2N2O3/c10-5-1-2-7(6(11)3-5)15-4-8-12-13-9(14)16-8/h1-3H,4H2,(H,13,14). The van der Waals surface area contributed by atoms with Crippen molar-refractivity contribution in [2.75, 3.05) is 0 Å². The van der Waals surface area contributed by atoms with Gasteiger partial charge in [0.15, 0.2) is 6.61 Å². The number of aromatic nitrogens is 2. The molecule has 1 N–H and O–H groups in total. The van der Waals surface area contributed by atoms with Gasteiger partial charge in [0.2, 0.25) is 0 Å². The normalized spacial score (nSPS) is 10.4. The van der Waals surface area contributed by atoms with Crippen molar-refractivity contribution in [3.8, 4) is 5.75 Å². The average Bonchev–Trinajstić information content (AvgIpc) is 2.63. The van der Waals surface area contributed by atoms with Gasteiger partial charge in [-0.15, -0.1) is 5.10 Å². The number of ether oxygens (including phenoxy) is 1. The molecule has 5 nitrogen and oxygen atoms in total. The van der Waals surface area contributed by atoms with Crippen LogP contribution in [0.2, 0.25) is 10.0 Å². The summed E-state index contributed by atoms with van der Waals surface area (Å²) < 4.78 is 9.94. The van der Waals surface area contributed by atoms with Crippen LogP contribution in [0.15, 0.2) is 27.4 Å². The zero-order chi connectivity index (χ0) is 11.5. The second-order valence-electron chi connectivity index (χ2n) is 2.87. The van der Waals surface area contributed by atoms with E-state index in [-0.39, 0.29) is 12.5 Å². The highest BCUT2D eigenvalue weighted by atomic mass is 35.5. The number of hydrogen-bond donors (Lipinski definition) is 1. The quantitative estimate of drug-likeness (QED) is 0.919. The van der Waals surface area contributed by atoms with Gasteiger partial charge in [0.25, 0.3) is 5.89 Å². The van der Waals surface area contributed by atoms with Gasteiger partial charge < -0.3 is 9.15 Å². The number of hydrogen-bond acceptors (Lipinski definition) is 4. The maximum absolute atomic E-state index is 10.6. The molecule has 2 rings (SSSR count). The molecule has 0 fully saturated rings. The topological polar surface area (TPSA) is 68.1 Å². The number of H-pyrrole nitrogens is 1. The van der Waals surface area contributed by atoms with Crippen molar-refractivity contribution in [1.29, 1.82) is 0 Å². The summed E-state index contributed by atoms with van der Waals surface area (Å²) in [5, 5.41) is 6.60. The van der Waals surface area contributed by atoms with Crippen molar-refractivity contribution in [3.05, 3.63) is 44.7 Å². The summed E-state index contributed by atoms with van der Waals surface area (Å²) >= 11 is 11.6. The van der Waals surface area contributed by atoms with Crippen LogP contribution in [0, 0.1) is 0 Å². The summed E-state index contributed by atoms with van der Waals surface area (Å²) in [6.07, 6.45) is 0. The molecule has 1 heterocycles. The van der Waals surface area contributed by atoms with E-state index in [2.05, 4.69) is 14.6 Å². The second-order valence-corrected chi connectivity index (χ2v) is 3.71. The Kier molecular flexibility index (Phi) is 3.17. The lowest BCUT2D eigenvalue weighted by Crippen LogP contribution is -1.96. The van der Waals surface area contributed by atoms with Gasteiger partial charge in [-0.3, -0.25) is 0 Å². The summed E-state index contributed by atoms with van der Waals surface area (Å²) in [5.74, 6) is -0.0338. The lowest BCUT2D eigenvalue weighted by molar-refractivity contribution is 0.259. The molecular formula is C9H6Cl2N2O3. The molecule has 0 unspecified atom stereocenters. The van der Waals surface area contributed by atoms with Gasteiger partial charge in [-0.1, -0.05) is 23.2 Å². The third kappa shape index (κ3) is 2.56. The Morgan fingerprint density at radius 2 is 2.25 bits per heavy atom. The van der Waals surface area contributed by atoms with Gasteiger partial charge in [0.1, 0.15) is 5.75 Å². The lowest BCUT2D eigenvalue weighted by Gasteiger charge is -2.05. The molecule has 0 amide bonds. The van der Waals surface area contributed by atoms with Crippen molar-refractivity contribution >= 4 is 23.2 Å². The molecule has 2 aromatic rings. The Labute approximate surface area is 99.9 Å². The van der Waals surface area contributed by atoms with Crippen molar-refractivity contribution in [3.63, 3.8) is 0 Å². The summed E-state index contributed by atoms with van der Waals surface area (Å²) in [6.45, 7) is 0.0140. The Balaban J connectivity index is 2.07. The van der Waals surface area contributed by atoms with E-state index in [1.54, 1.807) is 18.2 Å². The van der Waals surface area contributed by atoms with Crippen LogP contribution in [0.3, 0.4) is 0 Å². The molecule has 0 saturated carbocycles. The van der Waals surface area contributed by atoms with E-state index >= 15 is 0 Å². The minimum absolute atomic E-state index is 0.0140. The summed E-state index contributed by atoms with van der Waals surface area (Å²) in [4.78, 5) is 10.6. The summed E-state index contributed by atoms with van der Waals surface area (Å²) in [5.41, 5.74) is 0. The molecule has 0 bridgehead atoms. The predicted octanol–water partition coefficient (Wildman–Crippen LogP) is 2.25. The zero-order valence-corrected chi connectivity index (χ0v) is 9.38. The smallest absolute Gasteiger partial charge is 0.434 e. The number of rotatable bonds is 3. The van der Waals surface area contributed by atoms with Gasteiger partial charge >= 0.3 is 5.76 Å². The fourth-order valence-corrected chi connectivity index (χ4v) is 1.52. The predicted molar refractivity (Wildman–Crippen MR) is 57.9 cm³/mol. The molecule has 0 atom stereocenters. The third-order valence-electron chi connectivity index (χ3n) is 1.73. The van der Waals surface area contributed by atoms with Crippen molar-refractivity contribution in [1.82, 2.24) is 10.2 Å². The first kappa shape index (κ1) is 11.0. The van der Waals surface area contributed by atoms with Crippen LogP contribution in [-0.2, 0) is 6.61 Å². The van der Waals surface area contributed by atoms with Gasteiger partial charge in [0.05, 0.1) is 5.02 Å². The van der Waals surface area contributed by atoms with E-state index in [9.17, 15) is 4.79 Å². The number of nitrogens with one attached hydrogen (secondary N) is 1. The first-order valence-corrected chi connectivity index (χ1v) is 5.03. The maximum atomic E-state index is 10.6. The SMILES string of the molecule is O=c1[nH]nc(COc2ccc(Cl)cc2Cl)o1. The van der Waals surface area contributed by atoms with Crippen molar-refractivity contribution < 1.29 is 9.15 Å². The molecular weight excluding hydrogens is 255 g/mol. The van der Waals surface area contributed by atoms with E-state index in [0.717, 1.165) is 0 Å². The molecule has 0 radical (unpaired) electrons. The summed E-state index contributed by atoms with van der Waals surface area (Å²) in [6, 6.07) is 4.82. The largest absolute Gasteiger partial charge is 0.482 e. The van der Waals surface area contributed by atoms with Crippen LogP contribution in [0.5, 0.6) is 5.75 Å². The van der Waals surface area contributed by atoms with E-state index in [1.807, 2.05) is 0 Å². The maximum Gasteiger partial charge on any atom is 0.434 e. The molecule has 16 heavy (non-hydrogen) atoms. The average molecular weight is 261 g/mol. The zero-order valence-electron chi connectivity index (χ0n) is 7.87. The molecule has 0 spiro atoms. The highest BCUT2D eigenvalue weighted by Crippen LogP contribution is 2.27. The molecule has 7 heteroatoms. The molecule has 0 saturated heterocycles. The molecule has 0 aliphatic rings. The third-order valence-corrected chi connectivity index (χ3v) is 2.26. The van der Waals surface area contributed by atoms with Gasteiger partial charge in [0, 0.05) is 5.02 Å². The van der Waals surface area contributed by atoms with E-state index in [0.29, 0.717) is 15.8 Å². The first-order valence-electron chi connectivity index (χ1n) is 4.27. The minimum Gasteiger partial charge on any atom is -0.482 e. The highest BCUT2D eigenvalue weighted by molar-refractivity contribution is 6.35. The fourth-order valence-electron chi connectivity index (χ4n) is 1.05. The molecule has 1 aromatic heterocycles. The van der Waals surface area contributed by atoms with Gasteiger partial charge in [-0.05, 0) is 18.2 Å². The Morgan fingerprint density at radius 3 is 2.88 bits per heavy atom. The lowest BCUT2D eigenvalue weighted by atomic mass is 10.3. The Morgan fingerprint density at radius 1 is 1.44 bits per heavy atom. The van der Waals surface area contributed by atoms with Gasteiger partial charge in [-0.2, -0.15) is 0 Å². The van der Waals surface area contributed by atoms with Crippen LogP contribution >= 0.6 is 23.2 Å². The van der Waals surface area contributed by atoms with Crippen LogP contribution in [0.4, 0.5) is 0 Å². The van der Waals surface area contributed by atoms with Crippen LogP contribution in [0.1, 0.15) is 5.89 Å². The van der Waals surface area contributed by atoms with Crippen LogP contribution < -0.4 is 10.5 Å². The summed E-state index contributed by atoms with van der Waals surface area (Å²) in [7, 11) is 0. The minimum atomic E-state index is -0.624. The van der Waals surface area contributed by atoms with Crippen LogP contribution in [-0.4, -0.2) is 10.2 Å². The fraction of sp³-hybridized carbons (Fsp3) is 0.111. The number of benzene rings is 1. The molecule has 84 valence electrons. The van der Waals surface area contributed by atoms with Gasteiger partial charge in [-0.25, -0.2) is 9.89 Å². The molecule has 0 aliphatic heterocycles.